The molecule has 2 rings (SSSR count). The molecule has 2 N–H and O–H groups in total. The van der Waals surface area contributed by atoms with Gasteiger partial charge in [0.25, 0.3) is 0 Å². The van der Waals surface area contributed by atoms with E-state index in [1.54, 1.807) is 18.2 Å². The van der Waals surface area contributed by atoms with Crippen LogP contribution in [-0.2, 0) is 0 Å². The Hall–Kier alpha value is -1.29. The molecule has 1 aromatic heterocycles. The lowest BCUT2D eigenvalue weighted by molar-refractivity contribution is 0.334. The molecule has 0 saturated carbocycles. The van der Waals surface area contributed by atoms with Crippen molar-refractivity contribution in [2.45, 2.75) is 0 Å². The van der Waals surface area contributed by atoms with Gasteiger partial charge in [0.1, 0.15) is 5.52 Å². The molecule has 62 valence electrons. The number of hydrogen-bond acceptors (Lipinski definition) is 2. The predicted molar refractivity (Wildman–Crippen MR) is 45.7 cm³/mol. The van der Waals surface area contributed by atoms with Gasteiger partial charge in [-0.15, -0.1) is 5.10 Å². The Morgan fingerprint density at radius 2 is 2.25 bits per heavy atom. The van der Waals surface area contributed by atoms with E-state index >= 15 is 0 Å². The van der Waals surface area contributed by atoms with E-state index in [-0.39, 0.29) is 10.7 Å². The number of benzene rings is 1. The second-order valence-electron chi connectivity index (χ2n) is 2.38. The standard InChI is InChI=1S/C7H5ClFN3/c8-4-2-1-3-5-6(4)7(10)11-12(5)9/h1-3H,(H2,10,11). The minimum absolute atomic E-state index is 0.109. The van der Waals surface area contributed by atoms with Crippen LogP contribution in [0.3, 0.4) is 0 Å². The maximum Gasteiger partial charge on any atom is 0.157 e. The summed E-state index contributed by atoms with van der Waals surface area (Å²) in [6, 6.07) is 4.84. The topological polar surface area (TPSA) is 43.8 Å². The number of rotatable bonds is 0. The molecule has 0 aliphatic carbocycles. The van der Waals surface area contributed by atoms with Gasteiger partial charge in [-0.25, -0.2) is 0 Å². The highest BCUT2D eigenvalue weighted by molar-refractivity contribution is 6.36. The zero-order chi connectivity index (χ0) is 8.72. The molecule has 0 bridgehead atoms. The largest absolute Gasteiger partial charge is 0.382 e. The van der Waals surface area contributed by atoms with Crippen LogP contribution in [0.5, 0.6) is 0 Å². The van der Waals surface area contributed by atoms with Gasteiger partial charge in [-0.2, -0.15) is 0 Å². The van der Waals surface area contributed by atoms with Gasteiger partial charge in [0.2, 0.25) is 0 Å². The minimum Gasteiger partial charge on any atom is -0.382 e. The zero-order valence-electron chi connectivity index (χ0n) is 5.96. The third-order valence-corrected chi connectivity index (χ3v) is 1.96. The summed E-state index contributed by atoms with van der Waals surface area (Å²) >= 11 is 5.78. The van der Waals surface area contributed by atoms with E-state index in [0.29, 0.717) is 15.9 Å². The Bertz CT molecular complexity index is 437. The van der Waals surface area contributed by atoms with Crippen LogP contribution in [-0.4, -0.2) is 10.0 Å². The van der Waals surface area contributed by atoms with Gasteiger partial charge in [-0.3, -0.25) is 0 Å². The van der Waals surface area contributed by atoms with Crippen molar-refractivity contribution in [1.29, 1.82) is 0 Å². The maximum atomic E-state index is 12.9. The number of nitrogens with two attached hydrogens (primary N) is 1. The Kier molecular flexibility index (Phi) is 1.44. The summed E-state index contributed by atoms with van der Waals surface area (Å²) < 4.78 is 12.9. The van der Waals surface area contributed by atoms with Crippen LogP contribution in [0.25, 0.3) is 10.9 Å². The van der Waals surface area contributed by atoms with E-state index in [1.165, 1.54) is 0 Å². The summed E-state index contributed by atoms with van der Waals surface area (Å²) in [5.74, 6) is 0.109. The second kappa shape index (κ2) is 2.35. The maximum absolute atomic E-state index is 12.9. The summed E-state index contributed by atoms with van der Waals surface area (Å²) in [4.78, 5) is 0.219. The van der Waals surface area contributed by atoms with Crippen molar-refractivity contribution in [2.24, 2.45) is 0 Å². The fraction of sp³-hybridized carbons (Fsp3) is 0. The molecule has 0 aliphatic heterocycles. The van der Waals surface area contributed by atoms with Gasteiger partial charge in [0.15, 0.2) is 5.82 Å². The highest BCUT2D eigenvalue weighted by atomic mass is 35.5. The molecule has 5 heteroatoms. The van der Waals surface area contributed by atoms with Crippen molar-refractivity contribution >= 4 is 28.3 Å². The minimum atomic E-state index is 0.109. The van der Waals surface area contributed by atoms with Gasteiger partial charge in [0, 0.05) is 0 Å². The lowest BCUT2D eigenvalue weighted by atomic mass is 10.2. The van der Waals surface area contributed by atoms with E-state index in [9.17, 15) is 4.48 Å². The third kappa shape index (κ3) is 0.848. The predicted octanol–water partition coefficient (Wildman–Crippen LogP) is 2.00. The number of aromatic nitrogens is 2. The van der Waals surface area contributed by atoms with Gasteiger partial charge in [0.05, 0.1) is 10.4 Å². The van der Waals surface area contributed by atoms with Crippen molar-refractivity contribution in [1.82, 2.24) is 10.0 Å². The second-order valence-corrected chi connectivity index (χ2v) is 2.79. The zero-order valence-corrected chi connectivity index (χ0v) is 6.72. The van der Waals surface area contributed by atoms with Crippen LogP contribution in [0.1, 0.15) is 0 Å². The highest BCUT2D eigenvalue weighted by Crippen LogP contribution is 2.27. The molecular formula is C7H5ClFN3. The number of hydrogen-bond donors (Lipinski definition) is 1. The molecule has 1 aromatic carbocycles. The molecule has 2 aromatic rings. The van der Waals surface area contributed by atoms with E-state index in [0.717, 1.165) is 0 Å². The first-order valence-electron chi connectivity index (χ1n) is 3.29. The quantitative estimate of drug-likeness (QED) is 0.682. The van der Waals surface area contributed by atoms with Crippen LogP contribution in [0.15, 0.2) is 18.2 Å². The van der Waals surface area contributed by atoms with Crippen molar-refractivity contribution in [2.75, 3.05) is 5.73 Å². The molecule has 0 unspecified atom stereocenters. The first kappa shape index (κ1) is 7.36. The summed E-state index contributed by atoms with van der Waals surface area (Å²) in [6.45, 7) is 0. The van der Waals surface area contributed by atoms with Crippen molar-refractivity contribution in [3.63, 3.8) is 0 Å². The molecule has 0 fully saturated rings. The molecule has 0 amide bonds. The van der Waals surface area contributed by atoms with Crippen LogP contribution in [0.2, 0.25) is 5.02 Å². The number of anilines is 1. The highest BCUT2D eigenvalue weighted by Gasteiger charge is 2.09. The molecule has 0 atom stereocenters. The SMILES string of the molecule is Nc1nn(F)c2cccc(Cl)c12. The molecule has 0 aliphatic rings. The first-order valence-corrected chi connectivity index (χ1v) is 3.67. The van der Waals surface area contributed by atoms with Crippen molar-refractivity contribution in [3.8, 4) is 0 Å². The average molecular weight is 186 g/mol. The van der Waals surface area contributed by atoms with Crippen LogP contribution < -0.4 is 5.73 Å². The summed E-state index contributed by atoms with van der Waals surface area (Å²) in [7, 11) is 0. The Balaban J connectivity index is 2.99. The van der Waals surface area contributed by atoms with Crippen LogP contribution >= 0.6 is 11.6 Å². The van der Waals surface area contributed by atoms with E-state index < -0.39 is 0 Å². The summed E-state index contributed by atoms with van der Waals surface area (Å²) in [6.07, 6.45) is 0. The lowest BCUT2D eigenvalue weighted by Crippen LogP contribution is -1.87. The number of halogens is 2. The molecule has 0 radical (unpaired) electrons. The smallest absolute Gasteiger partial charge is 0.157 e. The first-order chi connectivity index (χ1) is 5.70. The molecule has 3 nitrogen and oxygen atoms in total. The number of fused-ring (bicyclic) bond motifs is 1. The van der Waals surface area contributed by atoms with Gasteiger partial charge < -0.3 is 5.73 Å². The Morgan fingerprint density at radius 3 is 2.92 bits per heavy atom. The monoisotopic (exact) mass is 185 g/mol. The van der Waals surface area contributed by atoms with Crippen molar-refractivity contribution < 1.29 is 4.48 Å². The fourth-order valence-corrected chi connectivity index (χ4v) is 1.38. The molecular weight excluding hydrogens is 181 g/mol. The van der Waals surface area contributed by atoms with E-state index in [1.807, 2.05) is 0 Å². The number of nitrogens with zero attached hydrogens (tertiary/aromatic N) is 2. The van der Waals surface area contributed by atoms with E-state index in [2.05, 4.69) is 5.10 Å². The third-order valence-electron chi connectivity index (χ3n) is 1.64. The van der Waals surface area contributed by atoms with Crippen LogP contribution in [0.4, 0.5) is 10.3 Å². The summed E-state index contributed by atoms with van der Waals surface area (Å²) in [5.41, 5.74) is 5.71. The lowest BCUT2D eigenvalue weighted by Gasteiger charge is -1.91. The van der Waals surface area contributed by atoms with Gasteiger partial charge in [-0.05, 0) is 12.1 Å². The fourth-order valence-electron chi connectivity index (χ4n) is 1.12. The molecule has 0 saturated heterocycles. The summed E-state index contributed by atoms with van der Waals surface area (Å²) in [5, 5.41) is 4.27. The Morgan fingerprint density at radius 1 is 1.50 bits per heavy atom. The molecule has 1 heterocycles. The molecule has 12 heavy (non-hydrogen) atoms. The number of nitrogen functional groups attached to an aromatic ring is 1. The van der Waals surface area contributed by atoms with Gasteiger partial charge >= 0.3 is 0 Å². The van der Waals surface area contributed by atoms with Crippen molar-refractivity contribution in [3.05, 3.63) is 23.2 Å². The van der Waals surface area contributed by atoms with Crippen LogP contribution in [0, 0.1) is 0 Å². The normalized spacial score (nSPS) is 10.8. The molecule has 0 spiro atoms. The van der Waals surface area contributed by atoms with Gasteiger partial charge in [-0.1, -0.05) is 27.1 Å². The van der Waals surface area contributed by atoms with E-state index in [4.69, 9.17) is 17.3 Å². The average Bonchev–Trinajstić information content (AvgIpc) is 2.29. The Labute approximate surface area is 72.5 Å².